The summed E-state index contributed by atoms with van der Waals surface area (Å²) >= 11 is 3.39. The number of nitro benzene ring substituents is 1. The molecule has 0 atom stereocenters. The van der Waals surface area contributed by atoms with Gasteiger partial charge < -0.3 is 14.8 Å². The molecule has 1 aliphatic heterocycles. The second-order valence-corrected chi connectivity index (χ2v) is 9.56. The van der Waals surface area contributed by atoms with Crippen molar-refractivity contribution < 1.29 is 33.6 Å². The van der Waals surface area contributed by atoms with Crippen LogP contribution >= 0.6 is 15.9 Å². The molecule has 1 aliphatic rings. The number of nitrogens with one attached hydrogen (secondary N) is 2. The van der Waals surface area contributed by atoms with Gasteiger partial charge in [0.1, 0.15) is 5.57 Å². The van der Waals surface area contributed by atoms with Gasteiger partial charge in [-0.05, 0) is 77.3 Å². The summed E-state index contributed by atoms with van der Waals surface area (Å²) in [5, 5.41) is 16.0. The molecule has 12 nitrogen and oxygen atoms in total. The van der Waals surface area contributed by atoms with E-state index >= 15 is 0 Å². The number of carbonyl (C=O) groups excluding carboxylic acids is 4. The minimum Gasteiger partial charge on any atom is -0.490 e. The maximum absolute atomic E-state index is 13.2. The van der Waals surface area contributed by atoms with Crippen LogP contribution in [0.1, 0.15) is 18.1 Å². The molecule has 3 aromatic rings. The fourth-order valence-electron chi connectivity index (χ4n) is 3.94. The van der Waals surface area contributed by atoms with E-state index in [1.54, 1.807) is 13.0 Å². The molecule has 0 unspecified atom stereocenters. The van der Waals surface area contributed by atoms with Crippen LogP contribution in [0.4, 0.5) is 21.9 Å². The van der Waals surface area contributed by atoms with Gasteiger partial charge in [0, 0.05) is 17.8 Å². The van der Waals surface area contributed by atoms with Crippen molar-refractivity contribution in [1.29, 1.82) is 0 Å². The molecule has 13 heteroatoms. The van der Waals surface area contributed by atoms with Crippen LogP contribution in [-0.4, -0.2) is 41.9 Å². The van der Waals surface area contributed by atoms with Crippen LogP contribution in [0.25, 0.3) is 6.08 Å². The molecule has 1 heterocycles. The molecule has 0 bridgehead atoms. The molecule has 0 spiro atoms. The number of carbonyl (C=O) groups is 4. The molecule has 0 radical (unpaired) electrons. The summed E-state index contributed by atoms with van der Waals surface area (Å²) < 4.78 is 11.8. The molecule has 3 aromatic carbocycles. The molecule has 0 aliphatic carbocycles. The summed E-state index contributed by atoms with van der Waals surface area (Å²) in [6.45, 7) is 3.57. The summed E-state index contributed by atoms with van der Waals surface area (Å²) in [4.78, 5) is 61.9. The van der Waals surface area contributed by atoms with Gasteiger partial charge >= 0.3 is 6.03 Å². The molecule has 1 fully saturated rings. The first kappa shape index (κ1) is 29.0. The second kappa shape index (κ2) is 12.4. The molecule has 0 aromatic heterocycles. The number of ether oxygens (including phenoxy) is 2. The smallest absolute Gasteiger partial charge is 0.335 e. The zero-order chi connectivity index (χ0) is 29.7. The Morgan fingerprint density at radius 3 is 2.56 bits per heavy atom. The van der Waals surface area contributed by atoms with E-state index in [0.29, 0.717) is 20.6 Å². The molecule has 41 heavy (non-hydrogen) atoms. The van der Waals surface area contributed by atoms with Gasteiger partial charge in [-0.1, -0.05) is 18.2 Å². The zero-order valence-electron chi connectivity index (χ0n) is 21.8. The maximum Gasteiger partial charge on any atom is 0.335 e. The molecule has 1 saturated heterocycles. The fourth-order valence-corrected chi connectivity index (χ4v) is 4.51. The zero-order valence-corrected chi connectivity index (χ0v) is 23.4. The van der Waals surface area contributed by atoms with E-state index in [1.165, 1.54) is 36.4 Å². The minimum absolute atomic E-state index is 0.0797. The monoisotopic (exact) mass is 622 g/mol. The van der Waals surface area contributed by atoms with Gasteiger partial charge in [0.15, 0.2) is 18.1 Å². The third kappa shape index (κ3) is 6.76. The summed E-state index contributed by atoms with van der Waals surface area (Å²) in [6, 6.07) is 14.2. The third-order valence-corrected chi connectivity index (χ3v) is 6.28. The van der Waals surface area contributed by atoms with Crippen molar-refractivity contribution in [3.05, 3.63) is 92.0 Å². The highest BCUT2D eigenvalue weighted by atomic mass is 79.9. The van der Waals surface area contributed by atoms with Crippen LogP contribution in [0.3, 0.4) is 0 Å². The van der Waals surface area contributed by atoms with Gasteiger partial charge in [-0.2, -0.15) is 0 Å². The van der Waals surface area contributed by atoms with Gasteiger partial charge in [0.2, 0.25) is 0 Å². The van der Waals surface area contributed by atoms with E-state index in [4.69, 9.17) is 9.47 Å². The highest BCUT2D eigenvalue weighted by Gasteiger charge is 2.37. The van der Waals surface area contributed by atoms with Crippen LogP contribution in [0.2, 0.25) is 0 Å². The van der Waals surface area contributed by atoms with E-state index < -0.39 is 34.2 Å². The number of aryl methyl sites for hydroxylation is 1. The normalized spacial score (nSPS) is 14.1. The van der Waals surface area contributed by atoms with Crippen LogP contribution in [-0.2, 0) is 14.4 Å². The Hall–Kier alpha value is -5.04. The molecule has 5 amide bonds. The van der Waals surface area contributed by atoms with E-state index in [-0.39, 0.29) is 36.1 Å². The van der Waals surface area contributed by atoms with Crippen molar-refractivity contribution in [2.75, 3.05) is 23.4 Å². The number of non-ortho nitro benzene ring substituents is 1. The lowest BCUT2D eigenvalue weighted by Gasteiger charge is -2.26. The SMILES string of the molecule is CCOc1cc(/C=C2\C(=O)NC(=O)N(c3cccc([N+](=O)[O-])c3)C2=O)cc(Br)c1OCC(=O)Nc1cccc(C)c1. The topological polar surface area (TPSA) is 157 Å². The molecular weight excluding hydrogens is 600 g/mol. The van der Waals surface area contributed by atoms with Gasteiger partial charge in [-0.25, -0.2) is 9.69 Å². The third-order valence-electron chi connectivity index (χ3n) is 5.69. The van der Waals surface area contributed by atoms with E-state index in [9.17, 15) is 29.3 Å². The first-order valence-corrected chi connectivity index (χ1v) is 13.0. The highest BCUT2D eigenvalue weighted by molar-refractivity contribution is 9.10. The quantitative estimate of drug-likeness (QED) is 0.150. The summed E-state index contributed by atoms with van der Waals surface area (Å²) in [6.07, 6.45) is 1.25. The molecular formula is C28H23BrN4O8. The number of nitrogens with zero attached hydrogens (tertiary/aromatic N) is 2. The van der Waals surface area contributed by atoms with Crippen molar-refractivity contribution >= 4 is 62.8 Å². The maximum atomic E-state index is 13.2. The average Bonchev–Trinajstić information content (AvgIpc) is 2.91. The number of nitro groups is 1. The van der Waals surface area contributed by atoms with Gasteiger partial charge in [-0.15, -0.1) is 0 Å². The van der Waals surface area contributed by atoms with Crippen molar-refractivity contribution in [3.63, 3.8) is 0 Å². The summed E-state index contributed by atoms with van der Waals surface area (Å²) in [5.41, 5.74) is 1.14. The number of rotatable bonds is 9. The fraction of sp³-hybridized carbons (Fsp3) is 0.143. The van der Waals surface area contributed by atoms with Crippen LogP contribution in [0.5, 0.6) is 11.5 Å². The van der Waals surface area contributed by atoms with Gasteiger partial charge in [0.25, 0.3) is 23.4 Å². The summed E-state index contributed by atoms with van der Waals surface area (Å²) in [5.74, 6) is -1.86. The first-order valence-electron chi connectivity index (χ1n) is 12.2. The lowest BCUT2D eigenvalue weighted by atomic mass is 10.1. The van der Waals surface area contributed by atoms with Crippen LogP contribution in [0.15, 0.2) is 70.7 Å². The lowest BCUT2D eigenvalue weighted by Crippen LogP contribution is -2.54. The van der Waals surface area contributed by atoms with E-state index in [2.05, 4.69) is 26.6 Å². The number of imide groups is 2. The van der Waals surface area contributed by atoms with Crippen LogP contribution in [0, 0.1) is 17.0 Å². The Balaban J connectivity index is 1.59. The Labute approximate surface area is 242 Å². The Morgan fingerprint density at radius 2 is 1.85 bits per heavy atom. The predicted molar refractivity (Wildman–Crippen MR) is 153 cm³/mol. The number of anilines is 2. The number of amides is 5. The number of hydrogen-bond acceptors (Lipinski definition) is 8. The van der Waals surface area contributed by atoms with Crippen molar-refractivity contribution in [1.82, 2.24) is 5.32 Å². The highest BCUT2D eigenvalue weighted by Crippen LogP contribution is 2.38. The van der Waals surface area contributed by atoms with E-state index in [0.717, 1.165) is 11.6 Å². The van der Waals surface area contributed by atoms with Crippen molar-refractivity contribution in [2.24, 2.45) is 0 Å². The van der Waals surface area contributed by atoms with Crippen molar-refractivity contribution in [3.8, 4) is 11.5 Å². The Kier molecular flexibility index (Phi) is 8.78. The van der Waals surface area contributed by atoms with Gasteiger partial charge in [-0.3, -0.25) is 29.8 Å². The molecule has 210 valence electrons. The number of urea groups is 1. The Morgan fingerprint density at radius 1 is 1.10 bits per heavy atom. The Bertz CT molecular complexity index is 1600. The standard InChI is InChI=1S/C28H23BrN4O8/c1-3-40-23-13-17(12-22(29)25(23)41-15-24(34)30-18-7-4-6-16(2)10-18)11-21-26(35)31-28(37)32(27(21)36)19-8-5-9-20(14-19)33(38)39/h4-14H,3,15H2,1-2H3,(H,30,34)(H,31,35,37)/b21-11+. The van der Waals surface area contributed by atoms with Crippen LogP contribution < -0.4 is 25.0 Å². The van der Waals surface area contributed by atoms with Crippen molar-refractivity contribution in [2.45, 2.75) is 13.8 Å². The van der Waals surface area contributed by atoms with Gasteiger partial charge in [0.05, 0.1) is 21.7 Å². The molecule has 4 rings (SSSR count). The predicted octanol–water partition coefficient (Wildman–Crippen LogP) is 4.75. The summed E-state index contributed by atoms with van der Waals surface area (Å²) in [7, 11) is 0. The number of hydrogen-bond donors (Lipinski definition) is 2. The minimum atomic E-state index is -1.04. The number of benzene rings is 3. The lowest BCUT2D eigenvalue weighted by molar-refractivity contribution is -0.384. The number of halogens is 1. The number of barbiturate groups is 1. The largest absolute Gasteiger partial charge is 0.490 e. The average molecular weight is 623 g/mol. The molecule has 0 saturated carbocycles. The van der Waals surface area contributed by atoms with E-state index in [1.807, 2.05) is 25.1 Å². The molecule has 2 N–H and O–H groups in total. The first-order chi connectivity index (χ1) is 19.6. The second-order valence-electron chi connectivity index (χ2n) is 8.70.